The summed E-state index contributed by atoms with van der Waals surface area (Å²) in [6.45, 7) is 0. The highest BCUT2D eigenvalue weighted by Crippen LogP contribution is 2.47. The monoisotopic (exact) mass is 451 g/mol. The fraction of sp³-hybridized carbons (Fsp3) is 0.0625. The van der Waals surface area contributed by atoms with Gasteiger partial charge in [0.1, 0.15) is 0 Å². The van der Waals surface area contributed by atoms with Crippen LogP contribution in [-0.2, 0) is 6.42 Å². The van der Waals surface area contributed by atoms with Crippen LogP contribution in [0, 0.1) is 0 Å². The summed E-state index contributed by atoms with van der Waals surface area (Å²) in [5.74, 6) is 0. The minimum atomic E-state index is 1.14. The summed E-state index contributed by atoms with van der Waals surface area (Å²) in [5, 5.41) is 9.36. The molecule has 2 heterocycles. The lowest BCUT2D eigenvalue weighted by molar-refractivity contribution is 1.02. The molecule has 1 aliphatic carbocycles. The van der Waals surface area contributed by atoms with Gasteiger partial charge in [0.05, 0.1) is 15.7 Å². The van der Waals surface area contributed by atoms with Gasteiger partial charge < -0.3 is 4.98 Å². The van der Waals surface area contributed by atoms with Crippen molar-refractivity contribution in [2.75, 3.05) is 0 Å². The molecule has 0 saturated heterocycles. The van der Waals surface area contributed by atoms with Gasteiger partial charge in [-0.05, 0) is 51.8 Å². The van der Waals surface area contributed by atoms with Crippen LogP contribution in [0.5, 0.6) is 0 Å². The Kier molecular flexibility index (Phi) is 3.72. The van der Waals surface area contributed by atoms with Gasteiger partial charge in [0.25, 0.3) is 0 Å². The highest BCUT2D eigenvalue weighted by Gasteiger charge is 2.21. The molecule has 0 unspecified atom stereocenters. The number of aromatic nitrogens is 1. The minimum absolute atomic E-state index is 1.14. The largest absolute Gasteiger partial charge is 0.353 e. The Morgan fingerprint density at radius 3 is 2.32 bits per heavy atom. The first-order valence-electron chi connectivity index (χ1n) is 11.9. The number of thiophene rings is 1. The van der Waals surface area contributed by atoms with Crippen LogP contribution in [0.4, 0.5) is 0 Å². The number of nitrogens with one attached hydrogen (secondary N) is 1. The van der Waals surface area contributed by atoms with Crippen molar-refractivity contribution in [1.82, 2.24) is 4.98 Å². The summed E-state index contributed by atoms with van der Waals surface area (Å²) in [5.41, 5.74) is 6.48. The lowest BCUT2D eigenvalue weighted by Gasteiger charge is -2.07. The van der Waals surface area contributed by atoms with Crippen LogP contribution in [0.1, 0.15) is 16.9 Å². The molecule has 2 aromatic heterocycles. The molecule has 160 valence electrons. The first-order valence-corrected chi connectivity index (χ1v) is 12.7. The van der Waals surface area contributed by atoms with E-state index in [-0.39, 0.29) is 0 Å². The lowest BCUT2D eigenvalue weighted by Crippen LogP contribution is -1.87. The van der Waals surface area contributed by atoms with Crippen molar-refractivity contribution in [3.63, 3.8) is 0 Å². The van der Waals surface area contributed by atoms with Gasteiger partial charge in [-0.2, -0.15) is 0 Å². The maximum absolute atomic E-state index is 3.91. The molecule has 34 heavy (non-hydrogen) atoms. The highest BCUT2D eigenvalue weighted by molar-refractivity contribution is 7.20. The van der Waals surface area contributed by atoms with E-state index < -0.39 is 0 Å². The lowest BCUT2D eigenvalue weighted by atomic mass is 9.95. The van der Waals surface area contributed by atoms with E-state index in [4.69, 9.17) is 0 Å². The average Bonchev–Trinajstić information content (AvgIpc) is 3.48. The van der Waals surface area contributed by atoms with Crippen LogP contribution in [0.2, 0.25) is 0 Å². The van der Waals surface area contributed by atoms with Crippen molar-refractivity contribution in [2.24, 2.45) is 0 Å². The van der Waals surface area contributed by atoms with Gasteiger partial charge in [-0.15, -0.1) is 11.3 Å². The Balaban J connectivity index is 1.52. The predicted molar refractivity (Wildman–Crippen MR) is 149 cm³/mol. The molecule has 0 saturated carbocycles. The number of rotatable bonds is 1. The van der Waals surface area contributed by atoms with Gasteiger partial charge >= 0.3 is 0 Å². The third-order valence-corrected chi connectivity index (χ3v) is 8.72. The zero-order valence-corrected chi connectivity index (χ0v) is 19.4. The molecule has 0 atom stereocenters. The number of hydrogen-bond donors (Lipinski definition) is 1. The van der Waals surface area contributed by atoms with Crippen molar-refractivity contribution >= 4 is 70.8 Å². The summed E-state index contributed by atoms with van der Waals surface area (Å²) in [6.07, 6.45) is 6.96. The molecule has 8 rings (SSSR count). The maximum Gasteiger partial charge on any atom is 0.0653 e. The number of benzene rings is 5. The van der Waals surface area contributed by atoms with E-state index >= 15 is 0 Å². The van der Waals surface area contributed by atoms with Gasteiger partial charge in [0.2, 0.25) is 0 Å². The van der Waals surface area contributed by atoms with Gasteiger partial charge in [-0.25, -0.2) is 0 Å². The van der Waals surface area contributed by atoms with Crippen molar-refractivity contribution in [3.05, 3.63) is 101 Å². The Bertz CT molecular complexity index is 1950. The third kappa shape index (κ3) is 2.44. The molecule has 1 N–H and O–H groups in total. The van der Waals surface area contributed by atoms with Gasteiger partial charge in [-0.1, -0.05) is 91.0 Å². The molecule has 5 aromatic carbocycles. The van der Waals surface area contributed by atoms with E-state index in [9.17, 15) is 0 Å². The number of H-pyrrole nitrogens is 1. The van der Waals surface area contributed by atoms with E-state index in [0.29, 0.717) is 0 Å². The number of fused-ring (bicyclic) bond motifs is 12. The molecule has 7 aromatic rings. The van der Waals surface area contributed by atoms with Crippen LogP contribution < -0.4 is 0 Å². The average molecular weight is 452 g/mol. The van der Waals surface area contributed by atoms with E-state index in [1.165, 1.54) is 75.0 Å². The van der Waals surface area contributed by atoms with Crippen LogP contribution in [0.15, 0.2) is 91.0 Å². The zero-order chi connectivity index (χ0) is 22.2. The molecule has 0 fully saturated rings. The van der Waals surface area contributed by atoms with E-state index in [1.807, 2.05) is 11.3 Å². The standard InChI is InChI=1S/C32H21NS/c1-2-8-19(9-3-1)20-14-16-22-21(18-20)15-17-26-28-23-10-4-5-11-24(23)29-25-12-6-7-13-27(25)34-32(29)31(28)33-30(22)26/h1-6,8-12,14-18,33H,7,13H2. The van der Waals surface area contributed by atoms with Crippen LogP contribution >= 0.6 is 11.3 Å². The van der Waals surface area contributed by atoms with Crippen molar-refractivity contribution in [1.29, 1.82) is 0 Å². The predicted octanol–water partition coefficient (Wildman–Crippen LogP) is 9.47. The number of aromatic amines is 1. The highest BCUT2D eigenvalue weighted by atomic mass is 32.1. The van der Waals surface area contributed by atoms with Crippen molar-refractivity contribution in [2.45, 2.75) is 12.8 Å². The molecule has 0 aliphatic heterocycles. The van der Waals surface area contributed by atoms with E-state index in [0.717, 1.165) is 12.8 Å². The fourth-order valence-corrected chi connectivity index (χ4v) is 7.21. The van der Waals surface area contributed by atoms with Gasteiger partial charge in [0.15, 0.2) is 0 Å². The zero-order valence-electron chi connectivity index (χ0n) is 18.6. The van der Waals surface area contributed by atoms with Gasteiger partial charge in [0, 0.05) is 26.4 Å². The van der Waals surface area contributed by atoms with Crippen LogP contribution in [0.3, 0.4) is 0 Å². The first-order chi connectivity index (χ1) is 16.9. The topological polar surface area (TPSA) is 15.8 Å². The van der Waals surface area contributed by atoms with E-state index in [2.05, 4.69) is 102 Å². The molecule has 0 amide bonds. The second-order valence-corrected chi connectivity index (χ2v) is 10.4. The second-order valence-electron chi connectivity index (χ2n) is 9.29. The molecular formula is C32H21NS. The normalized spacial score (nSPS) is 13.5. The summed E-state index contributed by atoms with van der Waals surface area (Å²) < 4.78 is 1.40. The number of allylic oxidation sites excluding steroid dienone is 1. The second kappa shape index (κ2) is 6.82. The van der Waals surface area contributed by atoms with Crippen molar-refractivity contribution in [3.8, 4) is 11.1 Å². The molecule has 1 aliphatic rings. The molecule has 1 nitrogen and oxygen atoms in total. The molecular weight excluding hydrogens is 430 g/mol. The Morgan fingerprint density at radius 2 is 1.44 bits per heavy atom. The van der Waals surface area contributed by atoms with Crippen molar-refractivity contribution < 1.29 is 0 Å². The summed E-state index contributed by atoms with van der Waals surface area (Å²) in [4.78, 5) is 5.43. The molecule has 2 heteroatoms. The third-order valence-electron chi connectivity index (χ3n) is 7.43. The summed E-state index contributed by atoms with van der Waals surface area (Å²) in [7, 11) is 0. The molecule has 0 spiro atoms. The summed E-state index contributed by atoms with van der Waals surface area (Å²) in [6, 6.07) is 31.1. The van der Waals surface area contributed by atoms with Gasteiger partial charge in [-0.3, -0.25) is 0 Å². The van der Waals surface area contributed by atoms with Crippen LogP contribution in [0.25, 0.3) is 70.6 Å². The van der Waals surface area contributed by atoms with Crippen LogP contribution in [-0.4, -0.2) is 4.98 Å². The maximum atomic E-state index is 3.91. The number of hydrogen-bond acceptors (Lipinski definition) is 1. The first kappa shape index (κ1) is 18.5. The Morgan fingerprint density at radius 1 is 0.647 bits per heavy atom. The Labute approximate surface area is 201 Å². The number of aryl methyl sites for hydroxylation is 1. The Hall–Kier alpha value is -3.88. The van der Waals surface area contributed by atoms with E-state index in [1.54, 1.807) is 0 Å². The smallest absolute Gasteiger partial charge is 0.0653 e. The molecule has 0 bridgehead atoms. The SMILES string of the molecule is C1=Cc2c(sc3c4[nH]c5c6ccc(-c7ccccc7)cc6ccc5c4c4ccccc4c23)CC1. The quantitative estimate of drug-likeness (QED) is 0.256. The summed E-state index contributed by atoms with van der Waals surface area (Å²) >= 11 is 1.98. The minimum Gasteiger partial charge on any atom is -0.353 e. The molecule has 0 radical (unpaired) electrons. The fourth-order valence-electron chi connectivity index (χ4n) is 5.89.